The molecule has 0 saturated heterocycles. The van der Waals surface area contributed by atoms with Crippen molar-refractivity contribution in [2.75, 3.05) is 35.0 Å². The Morgan fingerprint density at radius 3 is 2.26 bits per heavy atom. The molecule has 4 aromatic carbocycles. The van der Waals surface area contributed by atoms with Crippen LogP contribution in [0.3, 0.4) is 0 Å². The predicted molar refractivity (Wildman–Crippen MR) is 164 cm³/mol. The van der Waals surface area contributed by atoms with Crippen LogP contribution >= 0.6 is 0 Å². The lowest BCUT2D eigenvalue weighted by Gasteiger charge is -2.20. The van der Waals surface area contributed by atoms with Crippen LogP contribution in [0.5, 0.6) is 23.0 Å². The highest BCUT2D eigenvalue weighted by molar-refractivity contribution is 6.07. The van der Waals surface area contributed by atoms with Gasteiger partial charge in [0, 0.05) is 23.6 Å². The SMILES string of the molecule is COc1ccc2nc(-c3cc(OC)c(OC)c(OC)c3)cc(C(=O)N[C@H](CCO)Cc3cccc4ccccc34)c2c1. The van der Waals surface area contributed by atoms with E-state index in [0.29, 0.717) is 63.6 Å². The molecule has 8 heteroatoms. The maximum absolute atomic E-state index is 14.0. The summed E-state index contributed by atoms with van der Waals surface area (Å²) in [6.45, 7) is -0.0582. The van der Waals surface area contributed by atoms with Gasteiger partial charge in [-0.05, 0) is 65.6 Å². The number of hydrogen-bond acceptors (Lipinski definition) is 7. The molecule has 42 heavy (non-hydrogen) atoms. The summed E-state index contributed by atoms with van der Waals surface area (Å²) in [6, 6.07) is 24.8. The summed E-state index contributed by atoms with van der Waals surface area (Å²) in [5.41, 5.74) is 3.42. The number of rotatable bonds is 11. The molecule has 1 atom stereocenters. The molecule has 8 nitrogen and oxygen atoms in total. The minimum Gasteiger partial charge on any atom is -0.497 e. The van der Waals surface area contributed by atoms with E-state index in [1.165, 1.54) is 0 Å². The number of nitrogens with zero attached hydrogens (tertiary/aromatic N) is 1. The molecule has 0 radical (unpaired) electrons. The number of fused-ring (bicyclic) bond motifs is 2. The molecule has 0 bridgehead atoms. The van der Waals surface area contributed by atoms with Crippen molar-refractivity contribution in [1.29, 1.82) is 0 Å². The van der Waals surface area contributed by atoms with Gasteiger partial charge in [0.1, 0.15) is 5.75 Å². The number of benzene rings is 4. The molecule has 0 saturated carbocycles. The summed E-state index contributed by atoms with van der Waals surface area (Å²) in [7, 11) is 6.24. The van der Waals surface area contributed by atoms with Crippen LogP contribution in [-0.4, -0.2) is 57.1 Å². The van der Waals surface area contributed by atoms with Gasteiger partial charge < -0.3 is 29.4 Å². The number of amides is 1. The Labute approximate surface area is 244 Å². The average molecular weight is 567 g/mol. The lowest BCUT2D eigenvalue weighted by atomic mass is 9.97. The molecule has 0 unspecified atom stereocenters. The van der Waals surface area contributed by atoms with Crippen molar-refractivity contribution in [3.05, 3.63) is 90.0 Å². The zero-order chi connectivity index (χ0) is 29.6. The molecular weight excluding hydrogens is 532 g/mol. The lowest BCUT2D eigenvalue weighted by Crippen LogP contribution is -2.37. The highest BCUT2D eigenvalue weighted by atomic mass is 16.5. The fraction of sp³-hybridized carbons (Fsp3) is 0.235. The van der Waals surface area contributed by atoms with Crippen LogP contribution < -0.4 is 24.3 Å². The van der Waals surface area contributed by atoms with E-state index in [0.717, 1.165) is 16.3 Å². The molecule has 2 N–H and O–H groups in total. The second-order valence-corrected chi connectivity index (χ2v) is 9.88. The molecule has 0 aliphatic heterocycles. The number of nitrogens with one attached hydrogen (secondary N) is 1. The van der Waals surface area contributed by atoms with Crippen LogP contribution in [0, 0.1) is 0 Å². The summed E-state index contributed by atoms with van der Waals surface area (Å²) in [5, 5.41) is 16.0. The average Bonchev–Trinajstić information content (AvgIpc) is 3.03. The summed E-state index contributed by atoms with van der Waals surface area (Å²) >= 11 is 0. The van der Waals surface area contributed by atoms with Gasteiger partial charge in [0.15, 0.2) is 11.5 Å². The number of hydrogen-bond donors (Lipinski definition) is 2. The van der Waals surface area contributed by atoms with Gasteiger partial charge >= 0.3 is 0 Å². The van der Waals surface area contributed by atoms with E-state index in [2.05, 4.69) is 29.6 Å². The first-order valence-electron chi connectivity index (χ1n) is 13.7. The first-order chi connectivity index (χ1) is 20.5. The number of aliphatic hydroxyl groups is 1. The maximum atomic E-state index is 14.0. The minimum atomic E-state index is -0.299. The van der Waals surface area contributed by atoms with Gasteiger partial charge in [-0.25, -0.2) is 4.98 Å². The fourth-order valence-corrected chi connectivity index (χ4v) is 5.28. The van der Waals surface area contributed by atoms with Crippen LogP contribution in [-0.2, 0) is 6.42 Å². The van der Waals surface area contributed by atoms with Gasteiger partial charge in [0.05, 0.1) is 45.2 Å². The number of aromatic nitrogens is 1. The predicted octanol–water partition coefficient (Wildman–Crippen LogP) is 5.81. The molecule has 216 valence electrons. The van der Waals surface area contributed by atoms with E-state index in [1.807, 2.05) is 36.4 Å². The largest absolute Gasteiger partial charge is 0.497 e. The third-order valence-electron chi connectivity index (χ3n) is 7.38. The van der Waals surface area contributed by atoms with Gasteiger partial charge in [-0.2, -0.15) is 0 Å². The molecule has 0 spiro atoms. The summed E-state index contributed by atoms with van der Waals surface area (Å²) in [6.07, 6.45) is 0.973. The number of methoxy groups -OCH3 is 4. The third-order valence-corrected chi connectivity index (χ3v) is 7.38. The van der Waals surface area contributed by atoms with Crippen LogP contribution in [0.25, 0.3) is 32.9 Å². The van der Waals surface area contributed by atoms with Crippen molar-refractivity contribution in [3.63, 3.8) is 0 Å². The Morgan fingerprint density at radius 2 is 1.57 bits per heavy atom. The molecule has 0 aliphatic rings. The highest BCUT2D eigenvalue weighted by Gasteiger charge is 2.21. The van der Waals surface area contributed by atoms with Crippen molar-refractivity contribution in [2.24, 2.45) is 0 Å². The molecule has 0 aliphatic carbocycles. The quantitative estimate of drug-likeness (QED) is 0.208. The van der Waals surface area contributed by atoms with Gasteiger partial charge in [-0.1, -0.05) is 42.5 Å². The van der Waals surface area contributed by atoms with E-state index < -0.39 is 0 Å². The van der Waals surface area contributed by atoms with Gasteiger partial charge in [-0.3, -0.25) is 4.79 Å². The number of pyridine rings is 1. The first-order valence-corrected chi connectivity index (χ1v) is 13.7. The van der Waals surface area contributed by atoms with Gasteiger partial charge in [0.25, 0.3) is 5.91 Å². The van der Waals surface area contributed by atoms with Crippen LogP contribution in [0.2, 0.25) is 0 Å². The standard InChI is InChI=1S/C34H34N2O6/c1-39-25-12-13-29-27(19-25)28(20-30(36-29)23-17-31(40-2)33(42-4)32(18-23)41-3)34(38)35-24(14-15-37)16-22-10-7-9-21-8-5-6-11-26(21)22/h5-13,17-20,24,37H,14-16H2,1-4H3,(H,35,38)/t24-/m1/s1. The summed E-state index contributed by atoms with van der Waals surface area (Å²) < 4.78 is 22.0. The normalized spacial score (nSPS) is 11.7. The topological polar surface area (TPSA) is 99.1 Å². The van der Waals surface area contributed by atoms with Crippen LogP contribution in [0.1, 0.15) is 22.3 Å². The van der Waals surface area contributed by atoms with Crippen LogP contribution in [0.4, 0.5) is 0 Å². The first kappa shape index (κ1) is 28.7. The second-order valence-electron chi connectivity index (χ2n) is 9.88. The second kappa shape index (κ2) is 12.8. The summed E-state index contributed by atoms with van der Waals surface area (Å²) in [5.74, 6) is 1.76. The zero-order valence-corrected chi connectivity index (χ0v) is 24.1. The van der Waals surface area contributed by atoms with Crippen LogP contribution in [0.15, 0.2) is 78.9 Å². The Morgan fingerprint density at radius 1 is 0.833 bits per heavy atom. The molecule has 1 heterocycles. The smallest absolute Gasteiger partial charge is 0.252 e. The van der Waals surface area contributed by atoms with Crippen molar-refractivity contribution in [2.45, 2.75) is 18.9 Å². The van der Waals surface area contributed by atoms with E-state index in [4.69, 9.17) is 23.9 Å². The van der Waals surface area contributed by atoms with Gasteiger partial charge in [0.2, 0.25) is 5.75 Å². The molecular formula is C34H34N2O6. The van der Waals surface area contributed by atoms with E-state index in [-0.39, 0.29) is 18.6 Å². The van der Waals surface area contributed by atoms with E-state index in [1.54, 1.807) is 46.6 Å². The number of carbonyl (C=O) groups excluding carboxylic acids is 1. The minimum absolute atomic E-state index is 0.0582. The molecule has 5 rings (SSSR count). The van der Waals surface area contributed by atoms with Crippen molar-refractivity contribution < 1.29 is 28.8 Å². The lowest BCUT2D eigenvalue weighted by molar-refractivity contribution is 0.0932. The van der Waals surface area contributed by atoms with E-state index >= 15 is 0 Å². The Bertz CT molecular complexity index is 1700. The van der Waals surface area contributed by atoms with Gasteiger partial charge in [-0.15, -0.1) is 0 Å². The zero-order valence-electron chi connectivity index (χ0n) is 24.1. The number of carbonyl (C=O) groups is 1. The molecule has 0 fully saturated rings. The highest BCUT2D eigenvalue weighted by Crippen LogP contribution is 2.41. The third kappa shape index (κ3) is 5.80. The molecule has 5 aromatic rings. The summed E-state index contributed by atoms with van der Waals surface area (Å²) in [4.78, 5) is 18.9. The monoisotopic (exact) mass is 566 g/mol. The Hall–Kier alpha value is -4.82. The van der Waals surface area contributed by atoms with Crippen molar-refractivity contribution >= 4 is 27.6 Å². The fourth-order valence-electron chi connectivity index (χ4n) is 5.28. The van der Waals surface area contributed by atoms with Crippen molar-refractivity contribution in [3.8, 4) is 34.3 Å². The molecule has 1 aromatic heterocycles. The number of aliphatic hydroxyl groups excluding tert-OH is 1. The maximum Gasteiger partial charge on any atom is 0.252 e. The van der Waals surface area contributed by atoms with E-state index in [9.17, 15) is 9.90 Å². The number of ether oxygens (including phenoxy) is 4. The Kier molecular flexibility index (Phi) is 8.74. The molecule has 1 amide bonds. The Balaban J connectivity index is 1.57. The van der Waals surface area contributed by atoms with Crippen molar-refractivity contribution in [1.82, 2.24) is 10.3 Å².